The van der Waals surface area contributed by atoms with Crippen LogP contribution in [-0.4, -0.2) is 32.4 Å². The molecule has 0 aromatic heterocycles. The first-order valence-electron chi connectivity index (χ1n) is 7.12. The Morgan fingerprint density at radius 2 is 1.87 bits per heavy atom. The molecule has 23 heavy (non-hydrogen) atoms. The van der Waals surface area contributed by atoms with Gasteiger partial charge in [0.15, 0.2) is 0 Å². The average Bonchev–Trinajstić information content (AvgIpc) is 2.60. The van der Waals surface area contributed by atoms with E-state index in [0.29, 0.717) is 12.2 Å². The number of hydrogen-bond donors (Lipinski definition) is 0. The Bertz CT molecular complexity index is 843. The fraction of sp³-hybridized carbons (Fsp3) is 0.250. The third-order valence-electron chi connectivity index (χ3n) is 4.09. The van der Waals surface area contributed by atoms with Crippen LogP contribution in [0.4, 0.5) is 15.8 Å². The lowest BCUT2D eigenvalue weighted by Crippen LogP contribution is -2.38. The smallest absolute Gasteiger partial charge is 0.245 e. The lowest BCUT2D eigenvalue weighted by atomic mass is 10.2. The lowest BCUT2D eigenvalue weighted by Gasteiger charge is -2.27. The average molecular weight is 399 g/mol. The van der Waals surface area contributed by atoms with Gasteiger partial charge in [-0.05, 0) is 41.1 Å². The number of hydrogen-bond acceptors (Lipinski definition) is 3. The minimum absolute atomic E-state index is 0.0986. The summed E-state index contributed by atoms with van der Waals surface area (Å²) in [5.41, 5.74) is 1.18. The van der Waals surface area contributed by atoms with Crippen molar-refractivity contribution >= 4 is 37.3 Å². The topological polar surface area (TPSA) is 40.6 Å². The minimum Gasteiger partial charge on any atom is -0.339 e. The predicted octanol–water partition coefficient (Wildman–Crippen LogP) is 3.75. The number of para-hydroxylation sites is 1. The number of likely N-dealkylation sites (N-methyl/N-ethyl adjacent to an activating group) is 1. The molecule has 1 aliphatic rings. The van der Waals surface area contributed by atoms with Crippen molar-refractivity contribution in [2.75, 3.05) is 18.5 Å². The molecule has 2 aromatic rings. The normalized spacial score (nSPS) is 20.9. The van der Waals surface area contributed by atoms with E-state index in [1.807, 2.05) is 42.2 Å². The third kappa shape index (κ3) is 2.77. The first kappa shape index (κ1) is 16.4. The molecule has 7 heteroatoms. The van der Waals surface area contributed by atoms with Crippen LogP contribution in [0.1, 0.15) is 6.92 Å². The fourth-order valence-corrected chi connectivity index (χ4v) is 4.70. The Labute approximate surface area is 143 Å². The monoisotopic (exact) mass is 398 g/mol. The molecule has 0 N–H and O–H groups in total. The Kier molecular flexibility index (Phi) is 4.20. The summed E-state index contributed by atoms with van der Waals surface area (Å²) < 4.78 is 41.2. The zero-order valence-corrected chi connectivity index (χ0v) is 15.1. The van der Waals surface area contributed by atoms with Gasteiger partial charge in [-0.15, -0.1) is 0 Å². The highest BCUT2D eigenvalue weighted by molar-refractivity contribution is 9.10. The summed E-state index contributed by atoms with van der Waals surface area (Å²) in [4.78, 5) is 1.94. The number of sulfonamides is 1. The van der Waals surface area contributed by atoms with Crippen molar-refractivity contribution < 1.29 is 12.8 Å². The van der Waals surface area contributed by atoms with Gasteiger partial charge in [-0.3, -0.25) is 0 Å². The van der Waals surface area contributed by atoms with Crippen LogP contribution in [0.2, 0.25) is 0 Å². The van der Waals surface area contributed by atoms with Crippen LogP contribution in [0, 0.1) is 5.82 Å². The Balaban J connectivity index is 2.30. The molecule has 0 saturated carbocycles. The molecule has 0 amide bonds. The highest BCUT2D eigenvalue weighted by Gasteiger charge is 2.35. The molecule has 3 rings (SSSR count). The van der Waals surface area contributed by atoms with Crippen LogP contribution in [0.3, 0.4) is 0 Å². The van der Waals surface area contributed by atoms with Crippen LogP contribution >= 0.6 is 15.9 Å². The van der Waals surface area contributed by atoms with Crippen LogP contribution in [0.5, 0.6) is 0 Å². The second kappa shape index (κ2) is 5.89. The van der Waals surface area contributed by atoms with Crippen molar-refractivity contribution in [2.24, 2.45) is 0 Å². The van der Waals surface area contributed by atoms with Crippen molar-refractivity contribution in [3.8, 4) is 0 Å². The van der Waals surface area contributed by atoms with E-state index in [4.69, 9.17) is 0 Å². The number of anilines is 2. The molecule has 0 spiro atoms. The molecule has 1 aliphatic heterocycles. The van der Waals surface area contributed by atoms with Crippen molar-refractivity contribution in [3.63, 3.8) is 0 Å². The summed E-state index contributed by atoms with van der Waals surface area (Å²) in [6.45, 7) is 2.28. The third-order valence-corrected chi connectivity index (χ3v) is 6.69. The van der Waals surface area contributed by atoms with E-state index < -0.39 is 15.8 Å². The van der Waals surface area contributed by atoms with Gasteiger partial charge in [-0.25, -0.2) is 12.8 Å². The van der Waals surface area contributed by atoms with E-state index in [1.165, 1.54) is 16.4 Å². The van der Waals surface area contributed by atoms with Gasteiger partial charge in [0.1, 0.15) is 10.7 Å². The molecule has 122 valence electrons. The van der Waals surface area contributed by atoms with Crippen molar-refractivity contribution in [1.29, 1.82) is 0 Å². The lowest BCUT2D eigenvalue weighted by molar-refractivity contribution is 0.399. The first-order chi connectivity index (χ1) is 10.8. The largest absolute Gasteiger partial charge is 0.339 e. The maximum absolute atomic E-state index is 14.1. The molecular formula is C16H16BrFN2O2S. The number of benzene rings is 2. The number of fused-ring (bicyclic) bond motifs is 1. The number of nitrogens with zero attached hydrogens (tertiary/aromatic N) is 2. The maximum atomic E-state index is 14.1. The summed E-state index contributed by atoms with van der Waals surface area (Å²) in [5, 5.41) is 0. The molecule has 0 radical (unpaired) electrons. The molecule has 0 aliphatic carbocycles. The van der Waals surface area contributed by atoms with Gasteiger partial charge in [0.2, 0.25) is 10.0 Å². The Morgan fingerprint density at radius 1 is 1.22 bits per heavy atom. The molecule has 2 aromatic carbocycles. The summed E-state index contributed by atoms with van der Waals surface area (Å²) in [6, 6.07) is 11.8. The molecule has 0 saturated heterocycles. The van der Waals surface area contributed by atoms with Crippen molar-refractivity contribution in [1.82, 2.24) is 4.31 Å². The first-order valence-corrected chi connectivity index (χ1v) is 9.35. The summed E-state index contributed by atoms with van der Waals surface area (Å²) in [7, 11) is -2.14. The van der Waals surface area contributed by atoms with E-state index >= 15 is 0 Å². The highest BCUT2D eigenvalue weighted by atomic mass is 79.9. The standard InChI is InChI=1S/C16H16BrFN2O2S/c1-11-10-20(12-6-4-3-5-7-12)15-9-14(18)13(17)8-16(15)23(21,22)19(11)2/h3-9,11H,10H2,1-2H3. The predicted molar refractivity (Wildman–Crippen MR) is 92.0 cm³/mol. The Morgan fingerprint density at radius 3 is 2.52 bits per heavy atom. The zero-order chi connectivity index (χ0) is 16.8. The quantitative estimate of drug-likeness (QED) is 0.734. The van der Waals surface area contributed by atoms with Crippen LogP contribution in [0.15, 0.2) is 51.8 Å². The zero-order valence-electron chi connectivity index (χ0n) is 12.7. The molecule has 1 unspecified atom stereocenters. The van der Waals surface area contributed by atoms with Gasteiger partial charge in [-0.2, -0.15) is 4.31 Å². The van der Waals surface area contributed by atoms with Crippen LogP contribution in [0.25, 0.3) is 0 Å². The number of halogens is 2. The van der Waals surface area contributed by atoms with E-state index in [-0.39, 0.29) is 15.4 Å². The minimum atomic E-state index is -3.69. The second-order valence-electron chi connectivity index (χ2n) is 5.55. The SMILES string of the molecule is CC1CN(c2ccccc2)c2cc(F)c(Br)cc2S(=O)(=O)N1C. The van der Waals surface area contributed by atoms with Gasteiger partial charge >= 0.3 is 0 Å². The highest BCUT2D eigenvalue weighted by Crippen LogP contribution is 2.39. The number of rotatable bonds is 1. The fourth-order valence-electron chi connectivity index (χ4n) is 2.66. The van der Waals surface area contributed by atoms with Crippen LogP contribution in [-0.2, 0) is 10.0 Å². The second-order valence-corrected chi connectivity index (χ2v) is 8.37. The van der Waals surface area contributed by atoms with E-state index in [0.717, 1.165) is 5.69 Å². The molecule has 1 atom stereocenters. The molecular weight excluding hydrogens is 383 g/mol. The summed E-state index contributed by atoms with van der Waals surface area (Å²) in [6.07, 6.45) is 0. The van der Waals surface area contributed by atoms with Gasteiger partial charge in [0.25, 0.3) is 0 Å². The van der Waals surface area contributed by atoms with Crippen LogP contribution < -0.4 is 4.90 Å². The van der Waals surface area contributed by atoms with E-state index in [9.17, 15) is 12.8 Å². The summed E-state index contributed by atoms with van der Waals surface area (Å²) >= 11 is 3.09. The molecule has 1 heterocycles. The molecule has 0 fully saturated rings. The maximum Gasteiger partial charge on any atom is 0.245 e. The van der Waals surface area contributed by atoms with Crippen molar-refractivity contribution in [2.45, 2.75) is 17.9 Å². The van der Waals surface area contributed by atoms with Gasteiger partial charge in [0, 0.05) is 31.4 Å². The van der Waals surface area contributed by atoms with Crippen molar-refractivity contribution in [3.05, 3.63) is 52.8 Å². The molecule has 4 nitrogen and oxygen atoms in total. The Hall–Kier alpha value is -1.44. The van der Waals surface area contributed by atoms with E-state index in [2.05, 4.69) is 15.9 Å². The van der Waals surface area contributed by atoms with Gasteiger partial charge in [-0.1, -0.05) is 18.2 Å². The molecule has 0 bridgehead atoms. The van der Waals surface area contributed by atoms with Gasteiger partial charge in [0.05, 0.1) is 10.2 Å². The summed E-state index contributed by atoms with van der Waals surface area (Å²) in [5.74, 6) is -0.489. The van der Waals surface area contributed by atoms with Gasteiger partial charge < -0.3 is 4.90 Å². The van der Waals surface area contributed by atoms with E-state index in [1.54, 1.807) is 7.05 Å².